The molecule has 0 saturated carbocycles. The number of hydrogen-bond donors (Lipinski definition) is 0. The van der Waals surface area contributed by atoms with E-state index in [2.05, 4.69) is 17.2 Å². The predicted molar refractivity (Wildman–Crippen MR) is 80.6 cm³/mol. The molecule has 0 N–H and O–H groups in total. The number of esters is 1. The van der Waals surface area contributed by atoms with Crippen LogP contribution < -0.4 is 0 Å². The SMILES string of the molecule is C=C(C)c1cc(F)cc2c1cc1n2CCC1CC(=O)OC. The van der Waals surface area contributed by atoms with E-state index in [1.807, 2.05) is 6.92 Å². The highest BCUT2D eigenvalue weighted by molar-refractivity contribution is 5.93. The molecule has 1 aromatic heterocycles. The van der Waals surface area contributed by atoms with Gasteiger partial charge in [0.05, 0.1) is 19.0 Å². The second kappa shape index (κ2) is 5.02. The molecular weight excluding hydrogens is 269 g/mol. The van der Waals surface area contributed by atoms with Crippen LogP contribution in [0.25, 0.3) is 16.5 Å². The van der Waals surface area contributed by atoms with Gasteiger partial charge in [-0.25, -0.2) is 4.39 Å². The van der Waals surface area contributed by atoms with Crippen molar-refractivity contribution in [3.05, 3.63) is 41.9 Å². The average molecular weight is 287 g/mol. The number of fused-ring (bicyclic) bond motifs is 3. The summed E-state index contributed by atoms with van der Waals surface area (Å²) in [6.45, 7) is 6.61. The van der Waals surface area contributed by atoms with Gasteiger partial charge in [0.15, 0.2) is 0 Å². The molecule has 0 bridgehead atoms. The lowest BCUT2D eigenvalue weighted by Crippen LogP contribution is -2.06. The number of nitrogens with zero attached hydrogens (tertiary/aromatic N) is 1. The zero-order valence-corrected chi connectivity index (χ0v) is 12.3. The van der Waals surface area contributed by atoms with Crippen LogP contribution in [0.4, 0.5) is 4.39 Å². The standard InChI is InChI=1S/C17H18FNO2/c1-10(2)13-7-12(18)8-16-14(13)9-15-11(4-5-19(15)16)6-17(20)21-3/h7-9,11H,1,4-6H2,2-3H3. The van der Waals surface area contributed by atoms with Gasteiger partial charge in [0, 0.05) is 23.5 Å². The van der Waals surface area contributed by atoms with Crippen molar-refractivity contribution in [1.29, 1.82) is 0 Å². The zero-order valence-electron chi connectivity index (χ0n) is 12.3. The van der Waals surface area contributed by atoms with Gasteiger partial charge in [-0.3, -0.25) is 4.79 Å². The van der Waals surface area contributed by atoms with Crippen molar-refractivity contribution in [2.24, 2.45) is 0 Å². The largest absolute Gasteiger partial charge is 0.469 e. The Morgan fingerprint density at radius 1 is 1.48 bits per heavy atom. The molecule has 1 aromatic carbocycles. The molecule has 0 aliphatic carbocycles. The van der Waals surface area contributed by atoms with E-state index in [4.69, 9.17) is 4.74 Å². The maximum Gasteiger partial charge on any atom is 0.306 e. The van der Waals surface area contributed by atoms with E-state index < -0.39 is 0 Å². The summed E-state index contributed by atoms with van der Waals surface area (Å²) in [5.74, 6) is -0.311. The summed E-state index contributed by atoms with van der Waals surface area (Å²) >= 11 is 0. The van der Waals surface area contributed by atoms with Gasteiger partial charge < -0.3 is 9.30 Å². The smallest absolute Gasteiger partial charge is 0.306 e. The minimum Gasteiger partial charge on any atom is -0.469 e. The van der Waals surface area contributed by atoms with E-state index in [1.54, 1.807) is 6.07 Å². The van der Waals surface area contributed by atoms with Crippen LogP contribution in [0.3, 0.4) is 0 Å². The highest BCUT2D eigenvalue weighted by atomic mass is 19.1. The third-order valence-corrected chi connectivity index (χ3v) is 4.24. The summed E-state index contributed by atoms with van der Waals surface area (Å²) in [4.78, 5) is 11.5. The Balaban J connectivity index is 2.12. The molecule has 4 heteroatoms. The van der Waals surface area contributed by atoms with Crippen LogP contribution in [0.15, 0.2) is 24.8 Å². The molecule has 2 aromatic rings. The Hall–Kier alpha value is -2.10. The molecular formula is C17H18FNO2. The molecule has 1 atom stereocenters. The second-order valence-electron chi connectivity index (χ2n) is 5.65. The summed E-state index contributed by atoms with van der Waals surface area (Å²) in [6, 6.07) is 5.15. The Bertz CT molecular complexity index is 745. The third-order valence-electron chi connectivity index (χ3n) is 4.24. The van der Waals surface area contributed by atoms with Crippen molar-refractivity contribution in [3.8, 4) is 0 Å². The summed E-state index contributed by atoms with van der Waals surface area (Å²) in [5.41, 5.74) is 3.65. The fourth-order valence-electron chi connectivity index (χ4n) is 3.21. The van der Waals surface area contributed by atoms with Crippen LogP contribution in [0, 0.1) is 5.82 Å². The molecule has 21 heavy (non-hydrogen) atoms. The number of carbonyl (C=O) groups is 1. The molecule has 1 unspecified atom stereocenters. The number of ether oxygens (including phenoxy) is 1. The van der Waals surface area contributed by atoms with E-state index in [0.717, 1.165) is 40.7 Å². The van der Waals surface area contributed by atoms with Gasteiger partial charge in [0.2, 0.25) is 0 Å². The lowest BCUT2D eigenvalue weighted by molar-refractivity contribution is -0.141. The Labute approximate surface area is 123 Å². The summed E-state index contributed by atoms with van der Waals surface area (Å²) in [7, 11) is 1.40. The number of aromatic nitrogens is 1. The van der Waals surface area contributed by atoms with E-state index in [9.17, 15) is 9.18 Å². The number of methoxy groups -OCH3 is 1. The van der Waals surface area contributed by atoms with Gasteiger partial charge in [-0.05, 0) is 37.1 Å². The van der Waals surface area contributed by atoms with Gasteiger partial charge in [-0.2, -0.15) is 0 Å². The number of allylic oxidation sites excluding steroid dienone is 1. The Morgan fingerprint density at radius 3 is 2.90 bits per heavy atom. The van der Waals surface area contributed by atoms with E-state index in [1.165, 1.54) is 13.2 Å². The van der Waals surface area contributed by atoms with Gasteiger partial charge in [-0.1, -0.05) is 12.2 Å². The molecule has 0 spiro atoms. The van der Waals surface area contributed by atoms with Crippen LogP contribution in [0.1, 0.15) is 36.9 Å². The lowest BCUT2D eigenvalue weighted by atomic mass is 9.98. The lowest BCUT2D eigenvalue weighted by Gasteiger charge is -2.06. The molecule has 1 aliphatic rings. The topological polar surface area (TPSA) is 31.2 Å². The molecule has 3 rings (SSSR count). The highest BCUT2D eigenvalue weighted by Gasteiger charge is 2.28. The van der Waals surface area contributed by atoms with Gasteiger partial charge in [-0.15, -0.1) is 0 Å². The number of carbonyl (C=O) groups excluding carboxylic acids is 1. The quantitative estimate of drug-likeness (QED) is 0.803. The first kappa shape index (κ1) is 13.9. The minimum atomic E-state index is -0.252. The van der Waals surface area contributed by atoms with Crippen molar-refractivity contribution >= 4 is 22.4 Å². The first-order chi connectivity index (χ1) is 10.0. The van der Waals surface area contributed by atoms with Crippen LogP contribution in [-0.2, 0) is 16.1 Å². The van der Waals surface area contributed by atoms with E-state index in [-0.39, 0.29) is 17.7 Å². The molecule has 1 aliphatic heterocycles. The average Bonchev–Trinajstić information content (AvgIpc) is 2.98. The van der Waals surface area contributed by atoms with Crippen LogP contribution >= 0.6 is 0 Å². The Kier molecular flexibility index (Phi) is 3.32. The number of benzene rings is 1. The van der Waals surface area contributed by atoms with Gasteiger partial charge in [0.25, 0.3) is 0 Å². The monoisotopic (exact) mass is 287 g/mol. The molecule has 0 amide bonds. The van der Waals surface area contributed by atoms with Crippen molar-refractivity contribution in [3.63, 3.8) is 0 Å². The number of hydrogen-bond acceptors (Lipinski definition) is 2. The maximum absolute atomic E-state index is 13.8. The van der Waals surface area contributed by atoms with E-state index >= 15 is 0 Å². The fourth-order valence-corrected chi connectivity index (χ4v) is 3.21. The molecule has 0 saturated heterocycles. The first-order valence-corrected chi connectivity index (χ1v) is 7.06. The minimum absolute atomic E-state index is 0.144. The Morgan fingerprint density at radius 2 is 2.24 bits per heavy atom. The van der Waals surface area contributed by atoms with Crippen LogP contribution in [0.2, 0.25) is 0 Å². The summed E-state index contributed by atoms with van der Waals surface area (Å²) in [6.07, 6.45) is 1.26. The van der Waals surface area contributed by atoms with Gasteiger partial charge in [0.1, 0.15) is 5.82 Å². The third kappa shape index (κ3) is 2.24. The van der Waals surface area contributed by atoms with Crippen LogP contribution in [0.5, 0.6) is 0 Å². The van der Waals surface area contributed by atoms with Gasteiger partial charge >= 0.3 is 5.97 Å². The number of aryl methyl sites for hydroxylation is 1. The maximum atomic E-state index is 13.8. The van der Waals surface area contributed by atoms with Crippen molar-refractivity contribution in [1.82, 2.24) is 4.57 Å². The van der Waals surface area contributed by atoms with Crippen LogP contribution in [-0.4, -0.2) is 17.6 Å². The van der Waals surface area contributed by atoms with Crippen molar-refractivity contribution in [2.75, 3.05) is 7.11 Å². The summed E-state index contributed by atoms with van der Waals surface area (Å²) < 4.78 is 20.7. The molecule has 0 radical (unpaired) electrons. The number of halogens is 1. The molecule has 110 valence electrons. The van der Waals surface area contributed by atoms with Crippen molar-refractivity contribution < 1.29 is 13.9 Å². The van der Waals surface area contributed by atoms with Crippen molar-refractivity contribution in [2.45, 2.75) is 32.2 Å². The molecule has 3 nitrogen and oxygen atoms in total. The zero-order chi connectivity index (χ0) is 15.1. The number of rotatable bonds is 3. The fraction of sp³-hybridized carbons (Fsp3) is 0.353. The highest BCUT2D eigenvalue weighted by Crippen LogP contribution is 2.38. The first-order valence-electron chi connectivity index (χ1n) is 7.06. The summed E-state index contributed by atoms with van der Waals surface area (Å²) in [5, 5.41) is 1.01. The normalized spacial score (nSPS) is 17.0. The second-order valence-corrected chi connectivity index (χ2v) is 5.65. The molecule has 2 heterocycles. The predicted octanol–water partition coefficient (Wildman–Crippen LogP) is 3.86. The molecule has 0 fully saturated rings. The van der Waals surface area contributed by atoms with E-state index in [0.29, 0.717) is 6.42 Å².